The summed E-state index contributed by atoms with van der Waals surface area (Å²) >= 11 is 0.874. The molecule has 15 heavy (non-hydrogen) atoms. The number of amides is 1. The van der Waals surface area contributed by atoms with E-state index in [4.69, 9.17) is 0 Å². The number of thioether (sulfide) groups is 1. The highest BCUT2D eigenvalue weighted by molar-refractivity contribution is 8.13. The highest BCUT2D eigenvalue weighted by atomic mass is 32.2. The first-order chi connectivity index (χ1) is 6.95. The number of rotatable bonds is 4. The fourth-order valence-electron chi connectivity index (χ4n) is 0.776. The Kier molecular flexibility index (Phi) is 6.77. The number of hydrogen-bond acceptors (Lipinski definition) is 5. The number of esters is 1. The van der Waals surface area contributed by atoms with Gasteiger partial charge in [0.25, 0.3) is 0 Å². The monoisotopic (exact) mass is 233 g/mol. The first-order valence-corrected chi connectivity index (χ1v) is 5.58. The maximum absolute atomic E-state index is 11.0. The van der Waals surface area contributed by atoms with Crippen LogP contribution in [-0.4, -0.2) is 29.0 Å². The van der Waals surface area contributed by atoms with Gasteiger partial charge in [-0.2, -0.15) is 0 Å². The molecule has 0 heterocycles. The normalized spacial score (nSPS) is 11.7. The van der Waals surface area contributed by atoms with Crippen molar-refractivity contribution in [2.75, 3.05) is 5.75 Å². The summed E-state index contributed by atoms with van der Waals surface area (Å²) in [5.74, 6) is -0.309. The summed E-state index contributed by atoms with van der Waals surface area (Å²) < 4.78 is 4.43. The van der Waals surface area contributed by atoms with Gasteiger partial charge in [-0.15, -0.1) is 0 Å². The molecule has 5 nitrogen and oxygen atoms in total. The van der Waals surface area contributed by atoms with E-state index >= 15 is 0 Å². The van der Waals surface area contributed by atoms with Crippen molar-refractivity contribution in [3.05, 3.63) is 0 Å². The lowest BCUT2D eigenvalue weighted by Gasteiger charge is -2.10. The molecule has 0 radical (unpaired) electrons. The van der Waals surface area contributed by atoms with E-state index in [2.05, 4.69) is 10.1 Å². The van der Waals surface area contributed by atoms with Crippen LogP contribution in [0.25, 0.3) is 0 Å². The third kappa shape index (κ3) is 7.99. The zero-order chi connectivity index (χ0) is 11.8. The molecule has 1 amide bonds. The molecule has 0 aromatic heterocycles. The number of ether oxygens (including phenoxy) is 1. The van der Waals surface area contributed by atoms with E-state index in [1.54, 1.807) is 13.8 Å². The third-order valence-electron chi connectivity index (χ3n) is 1.39. The van der Waals surface area contributed by atoms with Gasteiger partial charge in [0, 0.05) is 25.1 Å². The van der Waals surface area contributed by atoms with Crippen LogP contribution in [0.4, 0.5) is 4.79 Å². The predicted molar refractivity (Wildman–Crippen MR) is 57.5 cm³/mol. The summed E-state index contributed by atoms with van der Waals surface area (Å²) in [5.41, 5.74) is 0. The molecular formula is C9H15NO4S. The first kappa shape index (κ1) is 14.0. The van der Waals surface area contributed by atoms with E-state index in [0.29, 0.717) is 5.75 Å². The van der Waals surface area contributed by atoms with Crippen molar-refractivity contribution in [1.29, 1.82) is 0 Å². The van der Waals surface area contributed by atoms with E-state index in [1.807, 2.05) is 0 Å². The minimum atomic E-state index is -0.626. The Labute approximate surface area is 92.9 Å². The molecule has 1 N–H and O–H groups in total. The SMILES string of the molecule is CCC(=O)OC(=O)SCC(C)NC(C)=O. The average molecular weight is 233 g/mol. The summed E-state index contributed by atoms with van der Waals surface area (Å²) in [7, 11) is 0. The second kappa shape index (κ2) is 7.28. The zero-order valence-corrected chi connectivity index (χ0v) is 9.85. The molecule has 0 spiro atoms. The summed E-state index contributed by atoms with van der Waals surface area (Å²) in [4.78, 5) is 32.4. The van der Waals surface area contributed by atoms with Crippen LogP contribution < -0.4 is 5.32 Å². The smallest absolute Gasteiger partial charge is 0.375 e. The van der Waals surface area contributed by atoms with Crippen molar-refractivity contribution in [1.82, 2.24) is 5.32 Å². The molecule has 6 heteroatoms. The summed E-state index contributed by atoms with van der Waals surface area (Å²) in [6.07, 6.45) is 0.174. The molecule has 1 atom stereocenters. The Morgan fingerprint density at radius 3 is 2.47 bits per heavy atom. The minimum Gasteiger partial charge on any atom is -0.385 e. The molecule has 0 aromatic carbocycles. The number of hydrogen-bond donors (Lipinski definition) is 1. The lowest BCUT2D eigenvalue weighted by Crippen LogP contribution is -2.32. The van der Waals surface area contributed by atoms with Gasteiger partial charge in [0.15, 0.2) is 0 Å². The van der Waals surface area contributed by atoms with Gasteiger partial charge in [0.05, 0.1) is 0 Å². The van der Waals surface area contributed by atoms with Crippen molar-refractivity contribution in [2.45, 2.75) is 33.2 Å². The molecule has 0 rings (SSSR count). The third-order valence-corrected chi connectivity index (χ3v) is 2.37. The fourth-order valence-corrected chi connectivity index (χ4v) is 1.40. The topological polar surface area (TPSA) is 72.5 Å². The molecule has 0 fully saturated rings. The highest BCUT2D eigenvalue weighted by Gasteiger charge is 2.11. The van der Waals surface area contributed by atoms with Crippen LogP contribution in [0.3, 0.4) is 0 Å². The number of carbonyl (C=O) groups is 3. The molecule has 0 aliphatic rings. The van der Waals surface area contributed by atoms with Gasteiger partial charge in [-0.1, -0.05) is 6.92 Å². The van der Waals surface area contributed by atoms with Crippen LogP contribution in [0.5, 0.6) is 0 Å². The van der Waals surface area contributed by atoms with Crippen LogP contribution in [0.1, 0.15) is 27.2 Å². The Hall–Kier alpha value is -1.04. The van der Waals surface area contributed by atoms with Crippen molar-refractivity contribution < 1.29 is 19.1 Å². The Morgan fingerprint density at radius 2 is 2.00 bits per heavy atom. The largest absolute Gasteiger partial charge is 0.385 e. The van der Waals surface area contributed by atoms with E-state index in [-0.39, 0.29) is 18.4 Å². The Bertz CT molecular complexity index is 254. The van der Waals surface area contributed by atoms with Crippen molar-refractivity contribution in [3.63, 3.8) is 0 Å². The molecule has 0 aliphatic carbocycles. The second-order valence-corrected chi connectivity index (χ2v) is 3.95. The van der Waals surface area contributed by atoms with Crippen molar-refractivity contribution in [3.8, 4) is 0 Å². The summed E-state index contributed by atoms with van der Waals surface area (Å²) in [6, 6.07) is -0.128. The maximum atomic E-state index is 11.0. The summed E-state index contributed by atoms with van der Waals surface area (Å²) in [6.45, 7) is 4.78. The number of nitrogens with one attached hydrogen (secondary N) is 1. The Balaban J connectivity index is 3.70. The fraction of sp³-hybridized carbons (Fsp3) is 0.667. The predicted octanol–water partition coefficient (Wildman–Crippen LogP) is 1.32. The van der Waals surface area contributed by atoms with Crippen LogP contribution >= 0.6 is 11.8 Å². The van der Waals surface area contributed by atoms with E-state index in [1.165, 1.54) is 6.92 Å². The van der Waals surface area contributed by atoms with Crippen LogP contribution in [0.15, 0.2) is 0 Å². The van der Waals surface area contributed by atoms with Gasteiger partial charge >= 0.3 is 11.3 Å². The lowest BCUT2D eigenvalue weighted by atomic mass is 10.4. The van der Waals surface area contributed by atoms with E-state index in [0.717, 1.165) is 11.8 Å². The Morgan fingerprint density at radius 1 is 1.40 bits per heavy atom. The van der Waals surface area contributed by atoms with Gasteiger partial charge in [0.1, 0.15) is 0 Å². The molecule has 0 bridgehead atoms. The van der Waals surface area contributed by atoms with Gasteiger partial charge < -0.3 is 10.1 Å². The van der Waals surface area contributed by atoms with Crippen molar-refractivity contribution >= 4 is 28.9 Å². The number of carbonyl (C=O) groups excluding carboxylic acids is 3. The molecule has 0 saturated carbocycles. The van der Waals surface area contributed by atoms with Crippen LogP contribution in [0, 0.1) is 0 Å². The molecule has 1 unspecified atom stereocenters. The molecule has 0 aliphatic heterocycles. The molecule has 0 aromatic rings. The molecular weight excluding hydrogens is 218 g/mol. The maximum Gasteiger partial charge on any atom is 0.375 e. The first-order valence-electron chi connectivity index (χ1n) is 4.60. The van der Waals surface area contributed by atoms with Gasteiger partial charge in [0.2, 0.25) is 5.91 Å². The van der Waals surface area contributed by atoms with Crippen molar-refractivity contribution in [2.24, 2.45) is 0 Å². The summed E-state index contributed by atoms with van der Waals surface area (Å²) in [5, 5.41) is 1.99. The van der Waals surface area contributed by atoms with Crippen LogP contribution in [-0.2, 0) is 14.3 Å². The molecule has 0 saturated heterocycles. The van der Waals surface area contributed by atoms with Gasteiger partial charge in [-0.05, 0) is 18.7 Å². The molecule has 86 valence electrons. The van der Waals surface area contributed by atoms with E-state index in [9.17, 15) is 14.4 Å². The highest BCUT2D eigenvalue weighted by Crippen LogP contribution is 2.08. The lowest BCUT2D eigenvalue weighted by molar-refractivity contribution is -0.136. The zero-order valence-electron chi connectivity index (χ0n) is 9.03. The minimum absolute atomic E-state index is 0.128. The standard InChI is InChI=1S/C9H15NO4S/c1-4-8(12)14-9(13)15-5-6(2)10-7(3)11/h6H,4-5H2,1-3H3,(H,10,11). The average Bonchev–Trinajstić information content (AvgIpc) is 2.13. The van der Waals surface area contributed by atoms with Crippen LogP contribution in [0.2, 0.25) is 0 Å². The van der Waals surface area contributed by atoms with E-state index < -0.39 is 11.3 Å². The second-order valence-electron chi connectivity index (χ2n) is 2.99. The van der Waals surface area contributed by atoms with Gasteiger partial charge in [-0.3, -0.25) is 9.59 Å². The quantitative estimate of drug-likeness (QED) is 0.585. The van der Waals surface area contributed by atoms with Gasteiger partial charge in [-0.25, -0.2) is 4.79 Å².